The summed E-state index contributed by atoms with van der Waals surface area (Å²) in [5.74, 6) is -0.511. The first-order valence-electron chi connectivity index (χ1n) is 11.3. The number of nitrogens with zero attached hydrogens (tertiary/aromatic N) is 2. The van der Waals surface area contributed by atoms with Crippen LogP contribution in [0.4, 0.5) is 17.2 Å². The second-order valence-electron chi connectivity index (χ2n) is 8.61. The number of rotatable bonds is 7. The van der Waals surface area contributed by atoms with Crippen LogP contribution >= 0.6 is 11.3 Å². The lowest BCUT2D eigenvalue weighted by atomic mass is 9.87. The van der Waals surface area contributed by atoms with E-state index >= 15 is 0 Å². The van der Waals surface area contributed by atoms with Crippen molar-refractivity contribution in [3.63, 3.8) is 0 Å². The summed E-state index contributed by atoms with van der Waals surface area (Å²) in [7, 11) is -3.59. The van der Waals surface area contributed by atoms with Gasteiger partial charge in [0.1, 0.15) is 5.82 Å². The van der Waals surface area contributed by atoms with E-state index in [-0.39, 0.29) is 34.1 Å². The maximum absolute atomic E-state index is 13.4. The van der Waals surface area contributed by atoms with Crippen molar-refractivity contribution in [3.05, 3.63) is 71.5 Å². The quantitative estimate of drug-likeness (QED) is 0.327. The molecule has 1 atom stereocenters. The average Bonchev–Trinajstić information content (AvgIpc) is 3.49. The van der Waals surface area contributed by atoms with Gasteiger partial charge >= 0.3 is 0 Å². The summed E-state index contributed by atoms with van der Waals surface area (Å²) in [6.07, 6.45) is 3.56. The van der Waals surface area contributed by atoms with Gasteiger partial charge in [-0.3, -0.25) is 9.59 Å². The number of aromatic amines is 1. The molecule has 11 heteroatoms. The Balaban J connectivity index is 1.54. The summed E-state index contributed by atoms with van der Waals surface area (Å²) in [5, 5.41) is 7.67. The highest BCUT2D eigenvalue weighted by atomic mass is 32.2. The lowest BCUT2D eigenvalue weighted by Gasteiger charge is -2.21. The molecule has 0 fully saturated rings. The predicted molar refractivity (Wildman–Crippen MR) is 138 cm³/mol. The van der Waals surface area contributed by atoms with E-state index in [0.29, 0.717) is 34.9 Å². The number of hydrogen-bond acceptors (Lipinski definition) is 8. The van der Waals surface area contributed by atoms with Gasteiger partial charge in [-0.1, -0.05) is 18.2 Å². The SMILES string of the molecule is CC(=O)Nc1cc(-c2[nH]c3c(c2Nc2ccccc2)C(=O)CC(CS(=O)(=O)c2nccs2)C3)ccn1. The number of benzene rings is 1. The number of pyridine rings is 1. The predicted octanol–water partition coefficient (Wildman–Crippen LogP) is 4.45. The lowest BCUT2D eigenvalue weighted by molar-refractivity contribution is -0.114. The van der Waals surface area contributed by atoms with E-state index in [1.165, 1.54) is 13.1 Å². The number of nitrogens with one attached hydrogen (secondary N) is 3. The highest BCUT2D eigenvalue weighted by molar-refractivity contribution is 7.93. The van der Waals surface area contributed by atoms with Crippen molar-refractivity contribution in [2.75, 3.05) is 16.4 Å². The minimum Gasteiger partial charge on any atom is -0.356 e. The summed E-state index contributed by atoms with van der Waals surface area (Å²) < 4.78 is 25.7. The molecule has 0 radical (unpaired) electrons. The first-order valence-corrected chi connectivity index (χ1v) is 13.8. The van der Waals surface area contributed by atoms with Crippen molar-refractivity contribution in [1.82, 2.24) is 15.0 Å². The van der Waals surface area contributed by atoms with Gasteiger partial charge in [-0.2, -0.15) is 0 Å². The van der Waals surface area contributed by atoms with Crippen molar-refractivity contribution < 1.29 is 18.0 Å². The van der Waals surface area contributed by atoms with E-state index in [4.69, 9.17) is 0 Å². The van der Waals surface area contributed by atoms with Gasteiger partial charge in [-0.15, -0.1) is 11.3 Å². The van der Waals surface area contributed by atoms with E-state index < -0.39 is 9.84 Å². The maximum atomic E-state index is 13.4. The first-order chi connectivity index (χ1) is 17.3. The number of anilines is 3. The van der Waals surface area contributed by atoms with E-state index in [0.717, 1.165) is 22.6 Å². The molecule has 3 heterocycles. The molecule has 1 aliphatic carbocycles. The molecule has 36 heavy (non-hydrogen) atoms. The zero-order valence-corrected chi connectivity index (χ0v) is 20.9. The number of carbonyl (C=O) groups excluding carboxylic acids is 2. The molecule has 1 amide bonds. The van der Waals surface area contributed by atoms with Gasteiger partial charge in [0, 0.05) is 48.1 Å². The van der Waals surface area contributed by atoms with E-state index in [2.05, 4.69) is 25.6 Å². The number of H-pyrrole nitrogens is 1. The van der Waals surface area contributed by atoms with Crippen molar-refractivity contribution >= 4 is 50.1 Å². The zero-order chi connectivity index (χ0) is 25.3. The molecule has 3 N–H and O–H groups in total. The second kappa shape index (κ2) is 9.67. The van der Waals surface area contributed by atoms with Crippen LogP contribution in [0.25, 0.3) is 11.3 Å². The fourth-order valence-corrected chi connectivity index (χ4v) is 6.98. The van der Waals surface area contributed by atoms with Gasteiger partial charge in [0.15, 0.2) is 5.78 Å². The van der Waals surface area contributed by atoms with Crippen LogP contribution in [-0.2, 0) is 21.1 Å². The molecule has 184 valence electrons. The number of amides is 1. The largest absolute Gasteiger partial charge is 0.356 e. The molecule has 3 aromatic heterocycles. The summed E-state index contributed by atoms with van der Waals surface area (Å²) in [6, 6.07) is 13.0. The molecule has 1 aromatic carbocycles. The Labute approximate surface area is 211 Å². The van der Waals surface area contributed by atoms with Crippen molar-refractivity contribution in [1.29, 1.82) is 0 Å². The molecule has 0 aliphatic heterocycles. The normalized spacial score (nSPS) is 15.4. The Morgan fingerprint density at radius 2 is 1.94 bits per heavy atom. The summed E-state index contributed by atoms with van der Waals surface area (Å²) in [6.45, 7) is 1.41. The molecule has 1 aliphatic rings. The highest BCUT2D eigenvalue weighted by Gasteiger charge is 2.35. The third kappa shape index (κ3) is 4.93. The molecule has 0 bridgehead atoms. The van der Waals surface area contributed by atoms with Crippen molar-refractivity contribution in [2.45, 2.75) is 24.1 Å². The van der Waals surface area contributed by atoms with Crippen molar-refractivity contribution in [2.24, 2.45) is 5.92 Å². The topological polar surface area (TPSA) is 134 Å². The standard InChI is InChI=1S/C25H23N5O4S2/c1-15(31)28-21-13-17(7-8-26-21)23-24(29-18-5-3-2-4-6-18)22-19(30-23)11-16(12-20(22)32)14-36(33,34)25-27-9-10-35-25/h2-10,13,16,29-30H,11-12,14H2,1H3,(H,26,28,31). The van der Waals surface area contributed by atoms with E-state index in [9.17, 15) is 18.0 Å². The molecular formula is C25H23N5O4S2. The maximum Gasteiger partial charge on any atom is 0.222 e. The van der Waals surface area contributed by atoms with Gasteiger partial charge in [0.2, 0.25) is 20.1 Å². The van der Waals surface area contributed by atoms with Crippen LogP contribution in [-0.4, -0.2) is 40.8 Å². The number of aromatic nitrogens is 3. The fourth-order valence-electron chi connectivity index (χ4n) is 4.44. The van der Waals surface area contributed by atoms with Gasteiger partial charge in [-0.25, -0.2) is 18.4 Å². The van der Waals surface area contributed by atoms with Crippen LogP contribution in [0.5, 0.6) is 0 Å². The van der Waals surface area contributed by atoms with E-state index in [1.807, 2.05) is 30.3 Å². The molecular weight excluding hydrogens is 498 g/mol. The number of para-hydroxylation sites is 1. The zero-order valence-electron chi connectivity index (χ0n) is 19.3. The van der Waals surface area contributed by atoms with Crippen molar-refractivity contribution in [3.8, 4) is 11.3 Å². The Morgan fingerprint density at radius 3 is 2.67 bits per heavy atom. The third-order valence-electron chi connectivity index (χ3n) is 5.85. The van der Waals surface area contributed by atoms with Crippen LogP contribution < -0.4 is 10.6 Å². The number of carbonyl (C=O) groups is 2. The number of ketones is 1. The monoisotopic (exact) mass is 521 g/mol. The Kier molecular flexibility index (Phi) is 6.42. The Hall–Kier alpha value is -3.83. The van der Waals surface area contributed by atoms with Crippen LogP contribution in [0, 0.1) is 5.92 Å². The van der Waals surface area contributed by atoms with Gasteiger partial charge < -0.3 is 15.6 Å². The number of thiazole rings is 1. The third-order valence-corrected chi connectivity index (χ3v) is 9.01. The minimum atomic E-state index is -3.59. The summed E-state index contributed by atoms with van der Waals surface area (Å²) >= 11 is 1.08. The van der Waals surface area contributed by atoms with Crippen LogP contribution in [0.3, 0.4) is 0 Å². The van der Waals surface area contributed by atoms with Gasteiger partial charge in [0.05, 0.1) is 22.7 Å². The first kappa shape index (κ1) is 23.9. The van der Waals surface area contributed by atoms with E-state index in [1.54, 1.807) is 23.7 Å². The molecule has 1 unspecified atom stereocenters. The lowest BCUT2D eigenvalue weighted by Crippen LogP contribution is -2.26. The van der Waals surface area contributed by atoms with Gasteiger partial charge in [0.25, 0.3) is 0 Å². The molecule has 4 aromatic rings. The molecule has 0 spiro atoms. The van der Waals surface area contributed by atoms with Crippen LogP contribution in [0.1, 0.15) is 29.4 Å². The number of Topliss-reactive ketones (excluding diaryl/α,β-unsaturated/α-hetero) is 1. The molecule has 5 rings (SSSR count). The fraction of sp³-hybridized carbons (Fsp3) is 0.200. The van der Waals surface area contributed by atoms with Crippen LogP contribution in [0.2, 0.25) is 0 Å². The highest BCUT2D eigenvalue weighted by Crippen LogP contribution is 2.40. The molecule has 0 saturated heterocycles. The average molecular weight is 522 g/mol. The van der Waals surface area contributed by atoms with Gasteiger partial charge in [-0.05, 0) is 36.6 Å². The minimum absolute atomic E-state index is 0.0710. The number of fused-ring (bicyclic) bond motifs is 1. The second-order valence-corrected chi connectivity index (χ2v) is 11.7. The number of sulfone groups is 1. The molecule has 9 nitrogen and oxygen atoms in total. The molecule has 0 saturated carbocycles. The number of hydrogen-bond donors (Lipinski definition) is 3. The Morgan fingerprint density at radius 1 is 1.14 bits per heavy atom. The summed E-state index contributed by atoms with van der Waals surface area (Å²) in [5.41, 5.74) is 4.00. The smallest absolute Gasteiger partial charge is 0.222 e. The summed E-state index contributed by atoms with van der Waals surface area (Å²) in [4.78, 5) is 36.4. The Bertz CT molecular complexity index is 1530. The van der Waals surface area contributed by atoms with Crippen LogP contribution in [0.15, 0.2) is 64.6 Å².